The monoisotopic (exact) mass is 360 g/mol. The molecule has 0 aromatic carbocycles. The Balaban J connectivity index is 1.94. The van der Waals surface area contributed by atoms with E-state index in [0.29, 0.717) is 49.9 Å². The molecule has 1 atom stereocenters. The number of carbonyl (C=O) groups excluding carboxylic acids is 2. The van der Waals surface area contributed by atoms with Crippen LogP contribution in [0.4, 0.5) is 0 Å². The van der Waals surface area contributed by atoms with E-state index in [4.69, 9.17) is 4.74 Å². The molecule has 0 aliphatic carbocycles. The van der Waals surface area contributed by atoms with Crippen molar-refractivity contribution in [3.63, 3.8) is 0 Å². The number of likely N-dealkylation sites (tertiary alicyclic amines) is 1. The number of hydrogen-bond acceptors (Lipinski definition) is 5. The van der Waals surface area contributed by atoms with Crippen molar-refractivity contribution in [2.24, 2.45) is 5.41 Å². The second-order valence-electron chi connectivity index (χ2n) is 8.03. The predicted molar refractivity (Wildman–Crippen MR) is 96.6 cm³/mol. The summed E-state index contributed by atoms with van der Waals surface area (Å²) in [6, 6.07) is -0.164. The van der Waals surface area contributed by atoms with Crippen molar-refractivity contribution in [1.82, 2.24) is 19.8 Å². The molecule has 7 nitrogen and oxygen atoms in total. The molecule has 0 N–H and O–H groups in total. The van der Waals surface area contributed by atoms with Gasteiger partial charge in [-0.3, -0.25) is 9.59 Å². The summed E-state index contributed by atoms with van der Waals surface area (Å²) in [6.45, 7) is 10.5. The van der Waals surface area contributed by atoms with Crippen LogP contribution in [-0.4, -0.2) is 64.4 Å². The van der Waals surface area contributed by atoms with E-state index >= 15 is 0 Å². The Bertz CT molecular complexity index is 693. The first-order valence-electron chi connectivity index (χ1n) is 9.30. The third-order valence-electron chi connectivity index (χ3n) is 4.94. The van der Waals surface area contributed by atoms with E-state index in [1.165, 1.54) is 0 Å². The van der Waals surface area contributed by atoms with Crippen LogP contribution in [0, 0.1) is 12.3 Å². The SMILES string of the molecule is Cc1ncc(C(=O)N2CCOCC2)c(C2CCCN2C(=O)C(C)(C)C)n1. The van der Waals surface area contributed by atoms with Gasteiger partial charge in [0.25, 0.3) is 5.91 Å². The van der Waals surface area contributed by atoms with E-state index in [9.17, 15) is 9.59 Å². The van der Waals surface area contributed by atoms with E-state index in [1.807, 2.05) is 32.6 Å². The number of aryl methyl sites for hydroxylation is 1. The van der Waals surface area contributed by atoms with Crippen LogP contribution < -0.4 is 0 Å². The lowest BCUT2D eigenvalue weighted by molar-refractivity contribution is -0.140. The smallest absolute Gasteiger partial charge is 0.257 e. The highest BCUT2D eigenvalue weighted by Crippen LogP contribution is 2.36. The second kappa shape index (κ2) is 7.31. The van der Waals surface area contributed by atoms with Gasteiger partial charge in [0.1, 0.15) is 5.82 Å². The Morgan fingerprint density at radius 3 is 2.54 bits per heavy atom. The van der Waals surface area contributed by atoms with Crippen LogP contribution in [0.25, 0.3) is 0 Å². The maximum Gasteiger partial charge on any atom is 0.257 e. The van der Waals surface area contributed by atoms with Crippen molar-refractivity contribution in [2.45, 2.75) is 46.6 Å². The highest BCUT2D eigenvalue weighted by molar-refractivity contribution is 5.95. The molecule has 0 bridgehead atoms. The molecular weight excluding hydrogens is 332 g/mol. The molecule has 1 aromatic rings. The average molecular weight is 360 g/mol. The molecule has 142 valence electrons. The summed E-state index contributed by atoms with van der Waals surface area (Å²) in [7, 11) is 0. The van der Waals surface area contributed by atoms with Crippen LogP contribution in [0.5, 0.6) is 0 Å². The lowest BCUT2D eigenvalue weighted by Gasteiger charge is -2.32. The van der Waals surface area contributed by atoms with Gasteiger partial charge in [-0.05, 0) is 19.8 Å². The van der Waals surface area contributed by atoms with E-state index in [-0.39, 0.29) is 17.9 Å². The standard InChI is InChI=1S/C19H28N4O3/c1-13-20-12-14(17(24)22-8-10-26-11-9-22)16(21-13)15-6-5-7-23(15)18(25)19(2,3)4/h12,15H,5-11H2,1-4H3. The molecule has 0 radical (unpaired) electrons. The molecule has 2 aliphatic heterocycles. The van der Waals surface area contributed by atoms with Gasteiger partial charge in [0.2, 0.25) is 5.91 Å². The Morgan fingerprint density at radius 2 is 1.88 bits per heavy atom. The summed E-state index contributed by atoms with van der Waals surface area (Å²) in [6.07, 6.45) is 3.36. The summed E-state index contributed by atoms with van der Waals surface area (Å²) in [4.78, 5) is 38.5. The Labute approximate surface area is 154 Å². The fourth-order valence-corrected chi connectivity index (χ4v) is 3.57. The maximum absolute atomic E-state index is 13.0. The first kappa shape index (κ1) is 18.8. The molecule has 2 aliphatic rings. The molecule has 1 aromatic heterocycles. The lowest BCUT2D eigenvalue weighted by Crippen LogP contribution is -2.42. The second-order valence-corrected chi connectivity index (χ2v) is 8.03. The zero-order valence-electron chi connectivity index (χ0n) is 16.1. The number of rotatable bonds is 2. The fourth-order valence-electron chi connectivity index (χ4n) is 3.57. The Kier molecular flexibility index (Phi) is 5.27. The maximum atomic E-state index is 13.0. The van der Waals surface area contributed by atoms with Gasteiger partial charge < -0.3 is 14.5 Å². The van der Waals surface area contributed by atoms with Crippen molar-refractivity contribution in [3.05, 3.63) is 23.3 Å². The number of amides is 2. The summed E-state index contributed by atoms with van der Waals surface area (Å²) in [5, 5.41) is 0. The Hall–Kier alpha value is -2.02. The van der Waals surface area contributed by atoms with Crippen molar-refractivity contribution in [1.29, 1.82) is 0 Å². The van der Waals surface area contributed by atoms with Gasteiger partial charge in [0.05, 0.1) is 30.5 Å². The third-order valence-corrected chi connectivity index (χ3v) is 4.94. The molecule has 2 amide bonds. The van der Waals surface area contributed by atoms with Gasteiger partial charge in [-0.2, -0.15) is 0 Å². The molecular formula is C19H28N4O3. The molecule has 7 heteroatoms. The van der Waals surface area contributed by atoms with Crippen molar-refractivity contribution < 1.29 is 14.3 Å². The molecule has 2 fully saturated rings. The number of morpholine rings is 1. The first-order valence-corrected chi connectivity index (χ1v) is 9.30. The normalized spacial score (nSPS) is 21.2. The number of hydrogen-bond donors (Lipinski definition) is 0. The van der Waals surface area contributed by atoms with Gasteiger partial charge in [0, 0.05) is 31.2 Å². The van der Waals surface area contributed by atoms with Crippen molar-refractivity contribution in [2.75, 3.05) is 32.8 Å². The predicted octanol–water partition coefficient (Wildman–Crippen LogP) is 1.97. The van der Waals surface area contributed by atoms with Crippen LogP contribution >= 0.6 is 0 Å². The molecule has 0 spiro atoms. The van der Waals surface area contributed by atoms with Crippen LogP contribution in [0.15, 0.2) is 6.20 Å². The van der Waals surface area contributed by atoms with E-state index in [1.54, 1.807) is 11.1 Å². The van der Waals surface area contributed by atoms with Crippen LogP contribution in [0.2, 0.25) is 0 Å². The average Bonchev–Trinajstić information content (AvgIpc) is 3.09. The van der Waals surface area contributed by atoms with E-state index in [0.717, 1.165) is 12.8 Å². The zero-order valence-corrected chi connectivity index (χ0v) is 16.1. The van der Waals surface area contributed by atoms with Crippen LogP contribution in [0.1, 0.15) is 61.5 Å². The minimum atomic E-state index is -0.459. The van der Waals surface area contributed by atoms with Gasteiger partial charge >= 0.3 is 0 Å². The Morgan fingerprint density at radius 1 is 1.19 bits per heavy atom. The van der Waals surface area contributed by atoms with Gasteiger partial charge in [-0.1, -0.05) is 20.8 Å². The number of ether oxygens (including phenoxy) is 1. The van der Waals surface area contributed by atoms with Gasteiger partial charge in [-0.25, -0.2) is 9.97 Å². The van der Waals surface area contributed by atoms with Crippen molar-refractivity contribution in [3.8, 4) is 0 Å². The van der Waals surface area contributed by atoms with Crippen LogP contribution in [0.3, 0.4) is 0 Å². The van der Waals surface area contributed by atoms with E-state index in [2.05, 4.69) is 9.97 Å². The van der Waals surface area contributed by atoms with Crippen LogP contribution in [-0.2, 0) is 9.53 Å². The quantitative estimate of drug-likeness (QED) is 0.806. The van der Waals surface area contributed by atoms with E-state index < -0.39 is 5.41 Å². The molecule has 0 saturated carbocycles. The van der Waals surface area contributed by atoms with Gasteiger partial charge in [-0.15, -0.1) is 0 Å². The van der Waals surface area contributed by atoms with Gasteiger partial charge in [0.15, 0.2) is 0 Å². The molecule has 3 rings (SSSR count). The summed E-state index contributed by atoms with van der Waals surface area (Å²) in [5.74, 6) is 0.646. The van der Waals surface area contributed by atoms with Crippen molar-refractivity contribution >= 4 is 11.8 Å². The minimum absolute atomic E-state index is 0.0710. The topological polar surface area (TPSA) is 75.6 Å². The largest absolute Gasteiger partial charge is 0.378 e. The number of nitrogens with zero attached hydrogens (tertiary/aromatic N) is 4. The molecule has 3 heterocycles. The first-order chi connectivity index (χ1) is 12.3. The third kappa shape index (κ3) is 3.72. The minimum Gasteiger partial charge on any atom is -0.378 e. The summed E-state index contributed by atoms with van der Waals surface area (Å²) in [5.41, 5.74) is 0.735. The highest BCUT2D eigenvalue weighted by atomic mass is 16.5. The molecule has 2 saturated heterocycles. The lowest BCUT2D eigenvalue weighted by atomic mass is 9.93. The highest BCUT2D eigenvalue weighted by Gasteiger charge is 2.38. The number of carbonyl (C=O) groups is 2. The fraction of sp³-hybridized carbons (Fsp3) is 0.684. The summed E-state index contributed by atoms with van der Waals surface area (Å²) >= 11 is 0. The zero-order chi connectivity index (χ0) is 18.9. The number of aromatic nitrogens is 2. The molecule has 1 unspecified atom stereocenters. The summed E-state index contributed by atoms with van der Waals surface area (Å²) < 4.78 is 5.34. The molecule has 26 heavy (non-hydrogen) atoms.